The van der Waals surface area contributed by atoms with Gasteiger partial charge in [0.2, 0.25) is 5.91 Å². The summed E-state index contributed by atoms with van der Waals surface area (Å²) in [6.07, 6.45) is 5.49. The van der Waals surface area contributed by atoms with E-state index in [0.29, 0.717) is 18.1 Å². The van der Waals surface area contributed by atoms with Gasteiger partial charge in [-0.15, -0.1) is 11.3 Å². The molecule has 2 atom stereocenters. The Kier molecular flexibility index (Phi) is 9.78. The number of nitrogens with one attached hydrogen (secondary N) is 2. The summed E-state index contributed by atoms with van der Waals surface area (Å²) in [4.78, 5) is 19.4. The molecule has 1 amide bonds. The fourth-order valence-corrected chi connectivity index (χ4v) is 4.20. The zero-order valence-electron chi connectivity index (χ0n) is 17.7. The number of carbonyl (C=O) groups excluding carboxylic acids is 1. The van der Waals surface area contributed by atoms with Crippen molar-refractivity contribution in [3.63, 3.8) is 0 Å². The Balaban J connectivity index is 1.94. The molecule has 1 aliphatic heterocycles. The lowest BCUT2D eigenvalue weighted by Gasteiger charge is -2.35. The molecule has 0 bridgehead atoms. The molecule has 1 aromatic heterocycles. The van der Waals surface area contributed by atoms with E-state index >= 15 is 0 Å². The van der Waals surface area contributed by atoms with E-state index in [9.17, 15) is 4.79 Å². The number of thiophene rings is 1. The fraction of sp³-hybridized carbons (Fsp3) is 0.714. The minimum absolute atomic E-state index is 0.00115. The Morgan fingerprint density at radius 3 is 2.82 bits per heavy atom. The molecule has 6 nitrogen and oxygen atoms in total. The van der Waals surface area contributed by atoms with E-state index in [1.165, 1.54) is 4.88 Å². The molecular formula is C21H36N4O2S. The van der Waals surface area contributed by atoms with Crippen molar-refractivity contribution in [1.82, 2.24) is 15.5 Å². The van der Waals surface area contributed by atoms with Crippen LogP contribution in [-0.2, 0) is 16.0 Å². The Morgan fingerprint density at radius 2 is 2.18 bits per heavy atom. The molecule has 1 aliphatic rings. The van der Waals surface area contributed by atoms with Gasteiger partial charge in [-0.05, 0) is 36.6 Å². The van der Waals surface area contributed by atoms with Gasteiger partial charge in [-0.1, -0.05) is 32.8 Å². The van der Waals surface area contributed by atoms with Crippen molar-refractivity contribution in [2.75, 3.05) is 33.8 Å². The summed E-state index contributed by atoms with van der Waals surface area (Å²) in [5.41, 5.74) is 0. The first-order valence-electron chi connectivity index (χ1n) is 10.4. The van der Waals surface area contributed by atoms with Crippen LogP contribution in [0, 0.1) is 5.92 Å². The normalized spacial score (nSPS) is 20.2. The van der Waals surface area contributed by atoms with E-state index < -0.39 is 0 Å². The van der Waals surface area contributed by atoms with Gasteiger partial charge in [-0.2, -0.15) is 0 Å². The predicted molar refractivity (Wildman–Crippen MR) is 117 cm³/mol. The third-order valence-electron chi connectivity index (χ3n) is 5.35. The molecule has 2 heterocycles. The summed E-state index contributed by atoms with van der Waals surface area (Å²) in [5.74, 6) is 1.33. The lowest BCUT2D eigenvalue weighted by Crippen LogP contribution is -2.49. The van der Waals surface area contributed by atoms with Gasteiger partial charge in [0.15, 0.2) is 5.96 Å². The quantitative estimate of drug-likeness (QED) is 0.487. The largest absolute Gasteiger partial charge is 0.378 e. The van der Waals surface area contributed by atoms with Gasteiger partial charge in [0.25, 0.3) is 0 Å². The molecule has 158 valence electrons. The summed E-state index contributed by atoms with van der Waals surface area (Å²) in [7, 11) is 3.52. The molecule has 28 heavy (non-hydrogen) atoms. The fourth-order valence-electron chi connectivity index (χ4n) is 3.50. The van der Waals surface area contributed by atoms with Gasteiger partial charge in [-0.3, -0.25) is 4.79 Å². The second kappa shape index (κ2) is 12.1. The van der Waals surface area contributed by atoms with E-state index in [4.69, 9.17) is 4.74 Å². The van der Waals surface area contributed by atoms with Gasteiger partial charge in [0, 0.05) is 38.2 Å². The average Bonchev–Trinajstić information content (AvgIpc) is 3.20. The monoisotopic (exact) mass is 408 g/mol. The number of carbonyl (C=O) groups is 1. The van der Waals surface area contributed by atoms with E-state index in [1.54, 1.807) is 30.3 Å². The third-order valence-corrected chi connectivity index (χ3v) is 6.28. The van der Waals surface area contributed by atoms with Crippen LogP contribution < -0.4 is 10.6 Å². The number of nitrogens with zero attached hydrogens (tertiary/aromatic N) is 2. The number of ether oxygens (including phenoxy) is 1. The van der Waals surface area contributed by atoms with Crippen LogP contribution in [0.5, 0.6) is 0 Å². The molecule has 0 spiro atoms. The number of hydrogen-bond acceptors (Lipinski definition) is 4. The lowest BCUT2D eigenvalue weighted by atomic mass is 9.89. The lowest BCUT2D eigenvalue weighted by molar-refractivity contribution is -0.127. The minimum atomic E-state index is 0.00115. The van der Waals surface area contributed by atoms with E-state index in [-0.39, 0.29) is 12.5 Å². The van der Waals surface area contributed by atoms with Crippen LogP contribution in [0.2, 0.25) is 0 Å². The molecule has 2 rings (SSSR count). The average molecular weight is 409 g/mol. The summed E-state index contributed by atoms with van der Waals surface area (Å²) in [6.45, 7) is 6.20. The van der Waals surface area contributed by atoms with Crippen molar-refractivity contribution >= 4 is 23.2 Å². The second-order valence-corrected chi connectivity index (χ2v) is 8.59. The summed E-state index contributed by atoms with van der Waals surface area (Å²) in [5, 5.41) is 9.06. The highest BCUT2D eigenvalue weighted by Gasteiger charge is 2.28. The Bertz CT molecular complexity index is 600. The highest BCUT2D eigenvalue weighted by Crippen LogP contribution is 2.25. The third kappa shape index (κ3) is 7.43. The van der Waals surface area contributed by atoms with Crippen molar-refractivity contribution in [1.29, 1.82) is 0 Å². The van der Waals surface area contributed by atoms with Crippen LogP contribution in [0.25, 0.3) is 0 Å². The number of aliphatic imine (C=N–C) groups is 1. The first-order chi connectivity index (χ1) is 13.5. The van der Waals surface area contributed by atoms with Crippen molar-refractivity contribution in [3.8, 4) is 0 Å². The molecule has 1 saturated heterocycles. The maximum absolute atomic E-state index is 12.0. The number of amides is 1. The number of rotatable bonds is 9. The number of hydrogen-bond donors (Lipinski definition) is 2. The van der Waals surface area contributed by atoms with Crippen LogP contribution >= 0.6 is 11.3 Å². The summed E-state index contributed by atoms with van der Waals surface area (Å²) < 4.78 is 6.03. The Morgan fingerprint density at radius 1 is 1.39 bits per heavy atom. The maximum atomic E-state index is 12.0. The SMILES string of the molecule is CCC(CC)C1CC(NC(=NCC(=O)N(C)C)NCCc2cccs2)CCO1. The van der Waals surface area contributed by atoms with Crippen molar-refractivity contribution < 1.29 is 9.53 Å². The number of likely N-dealkylation sites (N-methyl/N-ethyl adjacent to an activating group) is 1. The molecule has 2 N–H and O–H groups in total. The molecule has 0 radical (unpaired) electrons. The first-order valence-corrected chi connectivity index (χ1v) is 11.3. The van der Waals surface area contributed by atoms with Gasteiger partial charge < -0.3 is 20.3 Å². The summed E-state index contributed by atoms with van der Waals surface area (Å²) in [6, 6.07) is 4.54. The molecular weight excluding hydrogens is 372 g/mol. The van der Waals surface area contributed by atoms with Crippen molar-refractivity contribution in [3.05, 3.63) is 22.4 Å². The van der Waals surface area contributed by atoms with Gasteiger partial charge in [0.05, 0.1) is 6.10 Å². The van der Waals surface area contributed by atoms with Crippen LogP contribution in [0.15, 0.2) is 22.5 Å². The predicted octanol–water partition coefficient (Wildman–Crippen LogP) is 2.90. The van der Waals surface area contributed by atoms with Crippen LogP contribution in [0.1, 0.15) is 44.4 Å². The molecule has 0 aromatic carbocycles. The number of guanidine groups is 1. The molecule has 1 fully saturated rings. The highest BCUT2D eigenvalue weighted by molar-refractivity contribution is 7.09. The topological polar surface area (TPSA) is 66.0 Å². The second-order valence-electron chi connectivity index (χ2n) is 7.56. The minimum Gasteiger partial charge on any atom is -0.378 e. The van der Waals surface area contributed by atoms with Crippen LogP contribution in [0.3, 0.4) is 0 Å². The maximum Gasteiger partial charge on any atom is 0.243 e. The molecule has 1 aromatic rings. The highest BCUT2D eigenvalue weighted by atomic mass is 32.1. The van der Waals surface area contributed by atoms with E-state index in [2.05, 4.69) is 47.0 Å². The molecule has 2 unspecified atom stereocenters. The molecule has 7 heteroatoms. The zero-order chi connectivity index (χ0) is 20.4. The standard InChI is InChI=1S/C21H36N4O2S/c1-5-16(6-2)19-14-17(10-12-27-19)24-21(23-15-20(26)25(3)4)22-11-9-18-8-7-13-28-18/h7-8,13,16-17,19H,5-6,9-12,14-15H2,1-4H3,(H2,22,23,24). The molecule has 0 saturated carbocycles. The smallest absolute Gasteiger partial charge is 0.243 e. The zero-order valence-corrected chi connectivity index (χ0v) is 18.6. The Labute approximate surface area is 173 Å². The first kappa shape index (κ1) is 22.7. The molecule has 0 aliphatic carbocycles. The van der Waals surface area contributed by atoms with Gasteiger partial charge in [-0.25, -0.2) is 4.99 Å². The van der Waals surface area contributed by atoms with Gasteiger partial charge >= 0.3 is 0 Å². The van der Waals surface area contributed by atoms with E-state index in [1.807, 2.05) is 0 Å². The van der Waals surface area contributed by atoms with Gasteiger partial charge in [0.1, 0.15) is 6.54 Å². The van der Waals surface area contributed by atoms with Crippen molar-refractivity contribution in [2.45, 2.75) is 58.1 Å². The van der Waals surface area contributed by atoms with Crippen LogP contribution in [0.4, 0.5) is 0 Å². The van der Waals surface area contributed by atoms with Crippen LogP contribution in [-0.4, -0.2) is 62.7 Å². The summed E-state index contributed by atoms with van der Waals surface area (Å²) >= 11 is 1.76. The van der Waals surface area contributed by atoms with E-state index in [0.717, 1.165) is 51.2 Å². The Hall–Kier alpha value is -1.60. The van der Waals surface area contributed by atoms with Crippen molar-refractivity contribution in [2.24, 2.45) is 10.9 Å².